The van der Waals surface area contributed by atoms with Crippen molar-refractivity contribution in [2.75, 3.05) is 0 Å². The number of carbonyl (C=O) groups excluding carboxylic acids is 1. The molecule has 0 heterocycles. The van der Waals surface area contributed by atoms with Gasteiger partial charge in [0.05, 0.1) is 6.07 Å². The van der Waals surface area contributed by atoms with Crippen molar-refractivity contribution in [2.24, 2.45) is 17.8 Å². The molecule has 0 spiro atoms. The van der Waals surface area contributed by atoms with Crippen LogP contribution in [-0.4, -0.2) is 5.78 Å². The first-order valence-corrected chi connectivity index (χ1v) is 8.15. The predicted molar refractivity (Wildman–Crippen MR) is 81.1 cm³/mol. The third-order valence-corrected chi connectivity index (χ3v) is 5.74. The van der Waals surface area contributed by atoms with Gasteiger partial charge in [-0.3, -0.25) is 4.79 Å². The van der Waals surface area contributed by atoms with Crippen molar-refractivity contribution in [3.8, 4) is 6.07 Å². The Bertz CT molecular complexity index is 562. The largest absolute Gasteiger partial charge is 0.298 e. The Balaban J connectivity index is 1.72. The van der Waals surface area contributed by atoms with Crippen LogP contribution >= 0.6 is 15.9 Å². The first-order chi connectivity index (χ1) is 9.69. The van der Waals surface area contributed by atoms with Gasteiger partial charge in [-0.1, -0.05) is 40.5 Å². The Morgan fingerprint density at radius 2 is 2.15 bits per heavy atom. The smallest absolute Gasteiger partial charge is 0.154 e. The molecule has 2 fully saturated rings. The van der Waals surface area contributed by atoms with Gasteiger partial charge in [0, 0.05) is 10.9 Å². The summed E-state index contributed by atoms with van der Waals surface area (Å²) in [6, 6.07) is 9.75. The van der Waals surface area contributed by atoms with E-state index in [0.29, 0.717) is 12.3 Å². The molecule has 0 aliphatic heterocycles. The number of hydrogen-bond donors (Lipinski definition) is 0. The van der Waals surface area contributed by atoms with E-state index in [1.165, 1.54) is 25.7 Å². The average Bonchev–Trinajstić information content (AvgIpc) is 3.04. The summed E-state index contributed by atoms with van der Waals surface area (Å²) in [4.78, 5) is 12.5. The Morgan fingerprint density at radius 1 is 1.35 bits per heavy atom. The van der Waals surface area contributed by atoms with Crippen LogP contribution in [-0.2, 0) is 4.79 Å². The number of halogens is 1. The molecule has 3 rings (SSSR count). The molecule has 20 heavy (non-hydrogen) atoms. The standard InChI is InChI=1S/C17H18BrNO/c18-16-4-2-1-3-14(16)15(10-19)17(20)9-13-8-11-5-6-12(13)7-11/h1-4,11-13,15H,5-9H2. The molecule has 2 nitrogen and oxygen atoms in total. The summed E-state index contributed by atoms with van der Waals surface area (Å²) in [7, 11) is 0. The van der Waals surface area contributed by atoms with Crippen LogP contribution < -0.4 is 0 Å². The van der Waals surface area contributed by atoms with E-state index in [9.17, 15) is 10.1 Å². The van der Waals surface area contributed by atoms with Crippen molar-refractivity contribution in [2.45, 2.75) is 38.0 Å². The number of ketones is 1. The Labute approximate surface area is 128 Å². The number of rotatable bonds is 4. The van der Waals surface area contributed by atoms with Gasteiger partial charge >= 0.3 is 0 Å². The second kappa shape index (κ2) is 5.69. The summed E-state index contributed by atoms with van der Waals surface area (Å²) in [5.41, 5.74) is 0.808. The zero-order valence-corrected chi connectivity index (χ0v) is 13.0. The fourth-order valence-electron chi connectivity index (χ4n) is 4.03. The van der Waals surface area contributed by atoms with Crippen LogP contribution in [0, 0.1) is 29.1 Å². The van der Waals surface area contributed by atoms with E-state index in [0.717, 1.165) is 21.9 Å². The van der Waals surface area contributed by atoms with E-state index >= 15 is 0 Å². The molecule has 0 amide bonds. The minimum Gasteiger partial charge on any atom is -0.298 e. The molecule has 4 atom stereocenters. The van der Waals surface area contributed by atoms with Gasteiger partial charge in [0.15, 0.2) is 5.78 Å². The third kappa shape index (κ3) is 2.54. The zero-order valence-electron chi connectivity index (χ0n) is 11.4. The lowest BCUT2D eigenvalue weighted by Crippen LogP contribution is -2.19. The van der Waals surface area contributed by atoms with Crippen molar-refractivity contribution in [3.05, 3.63) is 34.3 Å². The second-order valence-corrected chi connectivity index (χ2v) is 7.04. The molecule has 1 aromatic carbocycles. The van der Waals surface area contributed by atoms with Gasteiger partial charge in [0.1, 0.15) is 5.92 Å². The summed E-state index contributed by atoms with van der Waals surface area (Å²) < 4.78 is 0.854. The summed E-state index contributed by atoms with van der Waals surface area (Å²) in [6.45, 7) is 0. The molecule has 2 aliphatic rings. The van der Waals surface area contributed by atoms with Crippen molar-refractivity contribution < 1.29 is 4.79 Å². The zero-order chi connectivity index (χ0) is 14.1. The van der Waals surface area contributed by atoms with Gasteiger partial charge in [-0.25, -0.2) is 0 Å². The van der Waals surface area contributed by atoms with Gasteiger partial charge in [0.25, 0.3) is 0 Å². The van der Waals surface area contributed by atoms with Crippen molar-refractivity contribution >= 4 is 21.7 Å². The van der Waals surface area contributed by atoms with E-state index < -0.39 is 5.92 Å². The van der Waals surface area contributed by atoms with Gasteiger partial charge in [-0.2, -0.15) is 5.26 Å². The molecule has 0 radical (unpaired) electrons. The summed E-state index contributed by atoms with van der Waals surface area (Å²) >= 11 is 3.45. The van der Waals surface area contributed by atoms with Gasteiger partial charge in [-0.05, 0) is 48.6 Å². The Morgan fingerprint density at radius 3 is 2.75 bits per heavy atom. The molecule has 104 valence electrons. The molecule has 0 saturated heterocycles. The van der Waals surface area contributed by atoms with Crippen LogP contribution in [0.2, 0.25) is 0 Å². The maximum Gasteiger partial charge on any atom is 0.154 e. The molecule has 3 heteroatoms. The normalized spacial score (nSPS) is 29.1. The summed E-state index contributed by atoms with van der Waals surface area (Å²) in [5.74, 6) is 1.59. The van der Waals surface area contributed by atoms with Crippen LogP contribution in [0.15, 0.2) is 28.7 Å². The highest BCUT2D eigenvalue weighted by atomic mass is 79.9. The van der Waals surface area contributed by atoms with Crippen molar-refractivity contribution in [1.29, 1.82) is 5.26 Å². The highest BCUT2D eigenvalue weighted by Crippen LogP contribution is 2.50. The minimum absolute atomic E-state index is 0.0944. The Kier molecular flexibility index (Phi) is 3.94. The molecule has 0 aromatic heterocycles. The molecule has 2 bridgehead atoms. The fourth-order valence-corrected chi connectivity index (χ4v) is 4.54. The van der Waals surface area contributed by atoms with E-state index in [2.05, 4.69) is 22.0 Å². The number of Topliss-reactive ketones (excluding diaryl/α,β-unsaturated/α-hetero) is 1. The maximum atomic E-state index is 12.5. The molecule has 4 unspecified atom stereocenters. The molecule has 2 aliphatic carbocycles. The SMILES string of the molecule is N#CC(C(=O)CC1CC2CCC1C2)c1ccccc1Br. The molecular weight excluding hydrogens is 314 g/mol. The minimum atomic E-state index is -0.621. The maximum absolute atomic E-state index is 12.5. The van der Waals surface area contributed by atoms with Crippen LogP contribution in [0.5, 0.6) is 0 Å². The highest BCUT2D eigenvalue weighted by molar-refractivity contribution is 9.10. The lowest BCUT2D eigenvalue weighted by molar-refractivity contribution is -0.120. The lowest BCUT2D eigenvalue weighted by atomic mass is 9.82. The number of nitrogens with zero attached hydrogens (tertiary/aromatic N) is 1. The second-order valence-electron chi connectivity index (χ2n) is 6.19. The fraction of sp³-hybridized carbons (Fsp3) is 0.529. The Hall–Kier alpha value is -1.14. The van der Waals surface area contributed by atoms with Gasteiger partial charge in [-0.15, -0.1) is 0 Å². The lowest BCUT2D eigenvalue weighted by Gasteiger charge is -2.22. The quantitative estimate of drug-likeness (QED) is 0.817. The number of benzene rings is 1. The van der Waals surface area contributed by atoms with E-state index in [-0.39, 0.29) is 5.78 Å². The van der Waals surface area contributed by atoms with Crippen LogP contribution in [0.1, 0.15) is 43.6 Å². The van der Waals surface area contributed by atoms with Crippen LogP contribution in [0.3, 0.4) is 0 Å². The molecule has 1 aromatic rings. The number of fused-ring (bicyclic) bond motifs is 2. The predicted octanol–water partition coefficient (Wildman–Crippen LogP) is 4.45. The number of hydrogen-bond acceptors (Lipinski definition) is 2. The van der Waals surface area contributed by atoms with E-state index in [1.54, 1.807) is 0 Å². The van der Waals surface area contributed by atoms with Crippen molar-refractivity contribution in [1.82, 2.24) is 0 Å². The topological polar surface area (TPSA) is 40.9 Å². The molecule has 0 N–H and O–H groups in total. The van der Waals surface area contributed by atoms with E-state index in [1.807, 2.05) is 24.3 Å². The van der Waals surface area contributed by atoms with Gasteiger partial charge < -0.3 is 0 Å². The monoisotopic (exact) mass is 331 g/mol. The number of nitriles is 1. The summed E-state index contributed by atoms with van der Waals surface area (Å²) in [6.07, 6.45) is 5.73. The average molecular weight is 332 g/mol. The van der Waals surface area contributed by atoms with Gasteiger partial charge in [0.2, 0.25) is 0 Å². The van der Waals surface area contributed by atoms with Crippen LogP contribution in [0.25, 0.3) is 0 Å². The molecular formula is C17H18BrNO. The van der Waals surface area contributed by atoms with Crippen molar-refractivity contribution in [3.63, 3.8) is 0 Å². The first-order valence-electron chi connectivity index (χ1n) is 7.35. The number of carbonyl (C=O) groups is 1. The third-order valence-electron chi connectivity index (χ3n) is 5.02. The van der Waals surface area contributed by atoms with E-state index in [4.69, 9.17) is 0 Å². The van der Waals surface area contributed by atoms with Crippen LogP contribution in [0.4, 0.5) is 0 Å². The molecule has 2 saturated carbocycles. The first kappa shape index (κ1) is 13.8. The summed E-state index contributed by atoms with van der Waals surface area (Å²) in [5, 5.41) is 9.39. The highest BCUT2D eigenvalue weighted by Gasteiger charge is 2.41.